The molecule has 3 rings (SSSR count). The van der Waals surface area contributed by atoms with Gasteiger partial charge in [-0.3, -0.25) is 10.1 Å². The summed E-state index contributed by atoms with van der Waals surface area (Å²) in [6, 6.07) is 12.1. The highest BCUT2D eigenvalue weighted by atomic mass is 35.5. The van der Waals surface area contributed by atoms with E-state index in [0.29, 0.717) is 21.3 Å². The van der Waals surface area contributed by atoms with Crippen molar-refractivity contribution in [3.8, 4) is 0 Å². The third kappa shape index (κ3) is 5.05. The largest absolute Gasteiger partial charge is 0.347 e. The van der Waals surface area contributed by atoms with Gasteiger partial charge in [-0.15, -0.1) is 0 Å². The summed E-state index contributed by atoms with van der Waals surface area (Å²) in [5.41, 5.74) is 1.74. The quantitative estimate of drug-likeness (QED) is 0.555. The van der Waals surface area contributed by atoms with Crippen molar-refractivity contribution >= 4 is 45.7 Å². The molecule has 144 valence electrons. The molecule has 1 heterocycles. The minimum absolute atomic E-state index is 0.278. The maximum atomic E-state index is 12.9. The molecule has 0 radical (unpaired) electrons. The number of carbonyl (C=O) groups excluding carboxylic acids is 2. The van der Waals surface area contributed by atoms with Crippen LogP contribution in [0.4, 0.5) is 20.0 Å². The molecule has 0 fully saturated rings. The average molecular weight is 419 g/mol. The summed E-state index contributed by atoms with van der Waals surface area (Å²) >= 11 is 7.15. The molecule has 9 heteroatoms. The van der Waals surface area contributed by atoms with Crippen LogP contribution >= 0.6 is 22.9 Å². The summed E-state index contributed by atoms with van der Waals surface area (Å²) in [4.78, 5) is 29.1. The van der Waals surface area contributed by atoms with Crippen LogP contribution in [0, 0.1) is 12.7 Å². The number of nitrogens with zero attached hydrogens (tertiary/aromatic N) is 1. The monoisotopic (exact) mass is 418 g/mol. The first kappa shape index (κ1) is 19.8. The highest BCUT2D eigenvalue weighted by Crippen LogP contribution is 2.23. The summed E-state index contributed by atoms with van der Waals surface area (Å²) < 4.78 is 12.9. The number of nitrogens with one attached hydrogen (secondary N) is 3. The number of anilines is 2. The van der Waals surface area contributed by atoms with Crippen molar-refractivity contribution < 1.29 is 14.0 Å². The first-order chi connectivity index (χ1) is 13.4. The Morgan fingerprint density at radius 3 is 2.54 bits per heavy atom. The maximum Gasteiger partial charge on any atom is 0.325 e. The van der Waals surface area contributed by atoms with Crippen molar-refractivity contribution in [1.82, 2.24) is 10.3 Å². The van der Waals surface area contributed by atoms with Crippen LogP contribution < -0.4 is 16.0 Å². The second-order valence-corrected chi connectivity index (χ2v) is 7.20. The van der Waals surface area contributed by atoms with Crippen molar-refractivity contribution in [3.63, 3.8) is 0 Å². The van der Waals surface area contributed by atoms with Gasteiger partial charge in [0.05, 0.1) is 5.69 Å². The Morgan fingerprint density at radius 1 is 1.11 bits per heavy atom. The van der Waals surface area contributed by atoms with E-state index in [-0.39, 0.29) is 17.6 Å². The molecule has 6 nitrogen and oxygen atoms in total. The van der Waals surface area contributed by atoms with E-state index >= 15 is 0 Å². The molecule has 1 aromatic heterocycles. The summed E-state index contributed by atoms with van der Waals surface area (Å²) in [7, 11) is 0. The fraction of sp³-hybridized carbons (Fsp3) is 0.105. The van der Waals surface area contributed by atoms with E-state index in [4.69, 9.17) is 11.6 Å². The Morgan fingerprint density at radius 2 is 1.82 bits per heavy atom. The number of rotatable bonds is 5. The van der Waals surface area contributed by atoms with E-state index < -0.39 is 11.8 Å². The third-order valence-corrected chi connectivity index (χ3v) is 5.16. The first-order valence-electron chi connectivity index (χ1n) is 8.25. The minimum atomic E-state index is -0.539. The number of carbonyl (C=O) groups is 2. The van der Waals surface area contributed by atoms with Crippen molar-refractivity contribution in [2.24, 2.45) is 0 Å². The number of hydrogen-bond acceptors (Lipinski definition) is 4. The number of aryl methyl sites for hydroxylation is 1. The lowest BCUT2D eigenvalue weighted by molar-refractivity contribution is 0.0954. The van der Waals surface area contributed by atoms with Crippen molar-refractivity contribution in [2.75, 3.05) is 10.6 Å². The second-order valence-electron chi connectivity index (χ2n) is 5.79. The highest BCUT2D eigenvalue weighted by Gasteiger charge is 2.17. The molecule has 3 amide bonds. The Labute approximate surface area is 169 Å². The van der Waals surface area contributed by atoms with Crippen LogP contribution in [0.3, 0.4) is 0 Å². The van der Waals surface area contributed by atoms with Gasteiger partial charge in [-0.05, 0) is 42.8 Å². The molecule has 0 saturated carbocycles. The van der Waals surface area contributed by atoms with E-state index in [0.717, 1.165) is 16.9 Å². The van der Waals surface area contributed by atoms with Gasteiger partial charge in [0.1, 0.15) is 10.7 Å². The summed E-state index contributed by atoms with van der Waals surface area (Å²) in [5.74, 6) is -0.698. The topological polar surface area (TPSA) is 83.1 Å². The number of amides is 3. The summed E-state index contributed by atoms with van der Waals surface area (Å²) in [5, 5.41) is 8.77. The normalized spacial score (nSPS) is 10.4. The van der Waals surface area contributed by atoms with Gasteiger partial charge in [-0.2, -0.15) is 0 Å². The lowest BCUT2D eigenvalue weighted by Gasteiger charge is -2.06. The highest BCUT2D eigenvalue weighted by molar-refractivity contribution is 7.17. The van der Waals surface area contributed by atoms with Gasteiger partial charge in [0.25, 0.3) is 5.91 Å². The van der Waals surface area contributed by atoms with Crippen molar-refractivity contribution in [3.05, 3.63) is 75.5 Å². The molecular weight excluding hydrogens is 403 g/mol. The van der Waals surface area contributed by atoms with Gasteiger partial charge in [-0.1, -0.05) is 41.1 Å². The van der Waals surface area contributed by atoms with E-state index in [1.807, 2.05) is 18.2 Å². The Balaban J connectivity index is 1.60. The Hall–Kier alpha value is -2.97. The van der Waals surface area contributed by atoms with Crippen LogP contribution in [-0.4, -0.2) is 16.9 Å². The molecule has 0 saturated heterocycles. The zero-order valence-electron chi connectivity index (χ0n) is 14.8. The number of benzene rings is 2. The molecule has 0 aliphatic heterocycles. The van der Waals surface area contributed by atoms with Crippen LogP contribution in [0.1, 0.15) is 20.9 Å². The lowest BCUT2D eigenvalue weighted by atomic mass is 10.2. The fourth-order valence-electron chi connectivity index (χ4n) is 2.35. The molecule has 0 bridgehead atoms. The molecular formula is C19H16ClFN4O2S. The molecule has 0 aliphatic carbocycles. The second kappa shape index (κ2) is 8.81. The smallest absolute Gasteiger partial charge is 0.325 e. The molecule has 0 unspecified atom stereocenters. The molecule has 0 spiro atoms. The first-order valence-corrected chi connectivity index (χ1v) is 9.44. The van der Waals surface area contributed by atoms with E-state index in [9.17, 15) is 14.0 Å². The van der Waals surface area contributed by atoms with Crippen molar-refractivity contribution in [2.45, 2.75) is 13.5 Å². The Bertz CT molecular complexity index is 1010. The predicted octanol–water partition coefficient (Wildman–Crippen LogP) is 4.82. The maximum absolute atomic E-state index is 12.9. The van der Waals surface area contributed by atoms with Gasteiger partial charge >= 0.3 is 6.03 Å². The zero-order chi connectivity index (χ0) is 20.1. The van der Waals surface area contributed by atoms with Gasteiger partial charge in [0.15, 0.2) is 5.13 Å². The molecule has 3 aromatic rings. The number of aromatic nitrogens is 1. The van der Waals surface area contributed by atoms with Gasteiger partial charge in [-0.25, -0.2) is 14.2 Å². The predicted molar refractivity (Wildman–Crippen MR) is 109 cm³/mol. The number of urea groups is 1. The van der Waals surface area contributed by atoms with E-state index in [1.165, 1.54) is 24.3 Å². The summed E-state index contributed by atoms with van der Waals surface area (Å²) in [6.07, 6.45) is 0. The average Bonchev–Trinajstić information content (AvgIpc) is 3.02. The zero-order valence-corrected chi connectivity index (χ0v) is 16.3. The van der Waals surface area contributed by atoms with Crippen LogP contribution in [0.25, 0.3) is 0 Å². The molecule has 2 aromatic carbocycles. The third-order valence-electron chi connectivity index (χ3n) is 3.72. The summed E-state index contributed by atoms with van der Waals surface area (Å²) in [6.45, 7) is 1.97. The van der Waals surface area contributed by atoms with Crippen molar-refractivity contribution in [1.29, 1.82) is 0 Å². The number of hydrogen-bond donors (Lipinski definition) is 3. The molecule has 3 N–H and O–H groups in total. The fourth-order valence-corrected chi connectivity index (χ4v) is 3.43. The van der Waals surface area contributed by atoms with Gasteiger partial charge in [0, 0.05) is 17.3 Å². The lowest BCUT2D eigenvalue weighted by Crippen LogP contribution is -2.22. The van der Waals surface area contributed by atoms with Crippen LogP contribution in [0.15, 0.2) is 48.5 Å². The van der Waals surface area contributed by atoms with E-state index in [1.54, 1.807) is 13.0 Å². The molecule has 28 heavy (non-hydrogen) atoms. The SMILES string of the molecule is Cc1nc(NC(=O)Nc2ccc(F)cc2)sc1C(=O)NCc1ccccc1Cl. The van der Waals surface area contributed by atoms with Gasteiger partial charge in [0.2, 0.25) is 0 Å². The number of thiazole rings is 1. The molecule has 0 atom stereocenters. The van der Waals surface area contributed by atoms with Crippen LogP contribution in [0.5, 0.6) is 0 Å². The molecule has 0 aliphatic rings. The minimum Gasteiger partial charge on any atom is -0.347 e. The van der Waals surface area contributed by atoms with Crippen LogP contribution in [0.2, 0.25) is 5.02 Å². The number of halogens is 2. The van der Waals surface area contributed by atoms with Crippen LogP contribution in [-0.2, 0) is 6.54 Å². The Kier molecular flexibility index (Phi) is 6.23. The van der Waals surface area contributed by atoms with E-state index in [2.05, 4.69) is 20.9 Å². The van der Waals surface area contributed by atoms with Gasteiger partial charge < -0.3 is 10.6 Å². The standard InChI is InChI=1S/C19H16ClFN4O2S/c1-11-16(17(26)22-10-12-4-2-3-5-15(12)20)28-19(23-11)25-18(27)24-14-8-6-13(21)7-9-14/h2-9H,10H2,1H3,(H,22,26)(H2,23,24,25,27).